The molecule has 1 aromatic heterocycles. The molecule has 1 N–H and O–H groups in total. The van der Waals surface area contributed by atoms with Crippen LogP contribution >= 0.6 is 11.6 Å². The lowest BCUT2D eigenvalue weighted by Gasteiger charge is -2.11. The van der Waals surface area contributed by atoms with Crippen molar-refractivity contribution in [3.05, 3.63) is 53.3 Å². The molecule has 18 heavy (non-hydrogen) atoms. The molecule has 0 saturated heterocycles. The molecule has 0 atom stereocenters. The van der Waals surface area contributed by atoms with E-state index >= 15 is 0 Å². The van der Waals surface area contributed by atoms with Gasteiger partial charge in [0.25, 0.3) is 0 Å². The van der Waals surface area contributed by atoms with Gasteiger partial charge in [-0.3, -0.25) is 4.98 Å². The van der Waals surface area contributed by atoms with Crippen molar-refractivity contribution in [2.45, 2.75) is 13.5 Å². The largest absolute Gasteiger partial charge is 0.455 e. The first-order valence-corrected chi connectivity index (χ1v) is 6.24. The molecule has 0 amide bonds. The van der Waals surface area contributed by atoms with Gasteiger partial charge in [-0.15, -0.1) is 0 Å². The number of rotatable bonds is 5. The molecule has 0 aliphatic heterocycles. The lowest BCUT2D eigenvalue weighted by atomic mass is 10.2. The molecular formula is C14H15ClN2O. The Balaban J connectivity index is 2.21. The van der Waals surface area contributed by atoms with Gasteiger partial charge in [-0.25, -0.2) is 0 Å². The molecule has 0 spiro atoms. The number of aromatic nitrogens is 1. The van der Waals surface area contributed by atoms with Crippen molar-refractivity contribution in [3.8, 4) is 11.5 Å². The third-order valence-corrected chi connectivity index (χ3v) is 2.69. The molecule has 2 rings (SSSR count). The quantitative estimate of drug-likeness (QED) is 0.893. The normalized spacial score (nSPS) is 10.3. The number of hydrogen-bond donors (Lipinski definition) is 1. The van der Waals surface area contributed by atoms with Gasteiger partial charge in [0, 0.05) is 23.3 Å². The zero-order chi connectivity index (χ0) is 12.8. The Morgan fingerprint density at radius 1 is 1.33 bits per heavy atom. The van der Waals surface area contributed by atoms with Gasteiger partial charge in [-0.05, 0) is 36.9 Å². The highest BCUT2D eigenvalue weighted by Gasteiger charge is 2.05. The Morgan fingerprint density at radius 2 is 2.22 bits per heavy atom. The van der Waals surface area contributed by atoms with Crippen LogP contribution in [0.25, 0.3) is 0 Å². The summed E-state index contributed by atoms with van der Waals surface area (Å²) in [6, 6.07) is 9.33. The first kappa shape index (κ1) is 12.9. The van der Waals surface area contributed by atoms with Crippen molar-refractivity contribution >= 4 is 11.6 Å². The molecule has 0 unspecified atom stereocenters. The van der Waals surface area contributed by atoms with Crippen LogP contribution in [0.5, 0.6) is 11.5 Å². The van der Waals surface area contributed by atoms with Crippen LogP contribution in [0.3, 0.4) is 0 Å². The predicted octanol–water partition coefficient (Wildman–Crippen LogP) is 3.64. The predicted molar refractivity (Wildman–Crippen MR) is 73.1 cm³/mol. The van der Waals surface area contributed by atoms with E-state index in [0.717, 1.165) is 30.2 Å². The summed E-state index contributed by atoms with van der Waals surface area (Å²) >= 11 is 6.00. The number of nitrogens with one attached hydrogen (secondary N) is 1. The number of nitrogens with zero attached hydrogens (tertiary/aromatic N) is 1. The van der Waals surface area contributed by atoms with E-state index < -0.39 is 0 Å². The van der Waals surface area contributed by atoms with Crippen molar-refractivity contribution in [1.82, 2.24) is 10.3 Å². The lowest BCUT2D eigenvalue weighted by Crippen LogP contribution is -2.12. The molecule has 2 aromatic rings. The van der Waals surface area contributed by atoms with E-state index in [1.807, 2.05) is 30.3 Å². The van der Waals surface area contributed by atoms with Gasteiger partial charge in [-0.2, -0.15) is 0 Å². The van der Waals surface area contributed by atoms with E-state index in [1.54, 1.807) is 12.4 Å². The third-order valence-electron chi connectivity index (χ3n) is 2.45. The number of hydrogen-bond acceptors (Lipinski definition) is 3. The average Bonchev–Trinajstić information content (AvgIpc) is 2.40. The van der Waals surface area contributed by atoms with Gasteiger partial charge < -0.3 is 10.1 Å². The zero-order valence-corrected chi connectivity index (χ0v) is 10.9. The fourth-order valence-corrected chi connectivity index (χ4v) is 1.77. The van der Waals surface area contributed by atoms with Crippen molar-refractivity contribution in [2.24, 2.45) is 0 Å². The Morgan fingerprint density at radius 3 is 2.94 bits per heavy atom. The van der Waals surface area contributed by atoms with E-state index in [-0.39, 0.29) is 0 Å². The second kappa shape index (κ2) is 6.38. The number of pyridine rings is 1. The van der Waals surface area contributed by atoms with Crippen molar-refractivity contribution in [1.29, 1.82) is 0 Å². The molecule has 1 heterocycles. The molecule has 0 radical (unpaired) electrons. The maximum atomic E-state index is 6.00. The highest BCUT2D eigenvalue weighted by molar-refractivity contribution is 6.30. The van der Waals surface area contributed by atoms with E-state index in [9.17, 15) is 0 Å². The highest BCUT2D eigenvalue weighted by Crippen LogP contribution is 2.27. The second-order valence-electron chi connectivity index (χ2n) is 3.82. The van der Waals surface area contributed by atoms with Gasteiger partial charge in [0.15, 0.2) is 0 Å². The summed E-state index contributed by atoms with van der Waals surface area (Å²) in [6.07, 6.45) is 3.40. The molecule has 0 aliphatic carbocycles. The molecule has 1 aromatic carbocycles. The maximum Gasteiger partial charge on any atom is 0.145 e. The van der Waals surface area contributed by atoms with Gasteiger partial charge in [0.1, 0.15) is 11.5 Å². The summed E-state index contributed by atoms with van der Waals surface area (Å²) in [5, 5.41) is 3.97. The first-order valence-electron chi connectivity index (χ1n) is 5.86. The van der Waals surface area contributed by atoms with Gasteiger partial charge in [0.05, 0.1) is 6.20 Å². The molecule has 0 bridgehead atoms. The summed E-state index contributed by atoms with van der Waals surface area (Å²) in [5.74, 6) is 1.52. The van der Waals surface area contributed by atoms with E-state index in [0.29, 0.717) is 5.02 Å². The van der Waals surface area contributed by atoms with Crippen LogP contribution in [0, 0.1) is 0 Å². The minimum atomic E-state index is 0.710. The second-order valence-corrected chi connectivity index (χ2v) is 4.26. The summed E-state index contributed by atoms with van der Waals surface area (Å²) in [5.41, 5.74) is 1.04. The monoisotopic (exact) mass is 262 g/mol. The molecule has 0 fully saturated rings. The number of benzene rings is 1. The summed E-state index contributed by atoms with van der Waals surface area (Å²) < 4.78 is 5.80. The Hall–Kier alpha value is -1.58. The SMILES string of the molecule is CCNCc1cc(Cl)ccc1Oc1cccnc1. The molecule has 3 nitrogen and oxygen atoms in total. The van der Waals surface area contributed by atoms with Gasteiger partial charge in [-0.1, -0.05) is 18.5 Å². The fraction of sp³-hybridized carbons (Fsp3) is 0.214. The van der Waals surface area contributed by atoms with Crippen LogP contribution < -0.4 is 10.1 Å². The zero-order valence-electron chi connectivity index (χ0n) is 10.2. The van der Waals surface area contributed by atoms with E-state index in [2.05, 4.69) is 17.2 Å². The topological polar surface area (TPSA) is 34.1 Å². The van der Waals surface area contributed by atoms with Crippen molar-refractivity contribution in [3.63, 3.8) is 0 Å². The van der Waals surface area contributed by atoms with E-state index in [1.165, 1.54) is 0 Å². The fourth-order valence-electron chi connectivity index (χ4n) is 1.58. The number of halogens is 1. The Kier molecular flexibility index (Phi) is 4.56. The van der Waals surface area contributed by atoms with Crippen LogP contribution in [-0.4, -0.2) is 11.5 Å². The molecule has 0 saturated carbocycles. The first-order chi connectivity index (χ1) is 8.79. The van der Waals surface area contributed by atoms with Crippen LogP contribution in [0.2, 0.25) is 5.02 Å². The van der Waals surface area contributed by atoms with E-state index in [4.69, 9.17) is 16.3 Å². The number of ether oxygens (including phenoxy) is 1. The van der Waals surface area contributed by atoms with Crippen LogP contribution in [0.1, 0.15) is 12.5 Å². The molecule has 94 valence electrons. The lowest BCUT2D eigenvalue weighted by molar-refractivity contribution is 0.471. The molecule has 4 heteroatoms. The van der Waals surface area contributed by atoms with Gasteiger partial charge >= 0.3 is 0 Å². The maximum absolute atomic E-state index is 6.00. The summed E-state index contributed by atoms with van der Waals surface area (Å²) in [4.78, 5) is 4.02. The summed E-state index contributed by atoms with van der Waals surface area (Å²) in [7, 11) is 0. The summed E-state index contributed by atoms with van der Waals surface area (Å²) in [6.45, 7) is 3.69. The minimum absolute atomic E-state index is 0.710. The average molecular weight is 263 g/mol. The minimum Gasteiger partial charge on any atom is -0.455 e. The van der Waals surface area contributed by atoms with Crippen molar-refractivity contribution < 1.29 is 4.74 Å². The van der Waals surface area contributed by atoms with Crippen LogP contribution in [0.4, 0.5) is 0 Å². The molecule has 0 aliphatic rings. The van der Waals surface area contributed by atoms with Crippen LogP contribution in [-0.2, 0) is 6.54 Å². The Labute approximate surface area is 112 Å². The highest BCUT2D eigenvalue weighted by atomic mass is 35.5. The smallest absolute Gasteiger partial charge is 0.145 e. The molecular weight excluding hydrogens is 248 g/mol. The Bertz CT molecular complexity index is 502. The standard InChI is InChI=1S/C14H15ClN2O/c1-2-16-9-11-8-12(15)5-6-14(11)18-13-4-3-7-17-10-13/h3-8,10,16H,2,9H2,1H3. The third kappa shape index (κ3) is 3.45. The van der Waals surface area contributed by atoms with Gasteiger partial charge in [0.2, 0.25) is 0 Å². The van der Waals surface area contributed by atoms with Crippen molar-refractivity contribution in [2.75, 3.05) is 6.54 Å². The van der Waals surface area contributed by atoms with Crippen LogP contribution in [0.15, 0.2) is 42.7 Å².